The largest absolute Gasteiger partial charge is 0.416 e. The van der Waals surface area contributed by atoms with E-state index < -0.39 is 17.8 Å². The molecule has 1 unspecified atom stereocenters. The van der Waals surface area contributed by atoms with Crippen molar-refractivity contribution in [1.82, 2.24) is 5.32 Å². The Balaban J connectivity index is 2.75. The van der Waals surface area contributed by atoms with Crippen molar-refractivity contribution in [2.75, 3.05) is 5.32 Å². The van der Waals surface area contributed by atoms with Gasteiger partial charge < -0.3 is 10.6 Å². The molecule has 0 radical (unpaired) electrons. The van der Waals surface area contributed by atoms with Crippen LogP contribution in [0.4, 0.5) is 18.9 Å². The molecule has 1 aromatic carbocycles. The van der Waals surface area contributed by atoms with Crippen LogP contribution in [0.15, 0.2) is 24.3 Å². The highest BCUT2D eigenvalue weighted by atomic mass is 19.4. The van der Waals surface area contributed by atoms with Crippen LogP contribution in [0.1, 0.15) is 26.3 Å². The fourth-order valence-corrected chi connectivity index (χ4v) is 1.51. The van der Waals surface area contributed by atoms with E-state index in [1.807, 2.05) is 13.8 Å². The Morgan fingerprint density at radius 1 is 1.21 bits per heavy atom. The van der Waals surface area contributed by atoms with Crippen LogP contribution in [0.2, 0.25) is 0 Å². The molecule has 1 amide bonds. The molecule has 0 saturated heterocycles. The maximum atomic E-state index is 12.5. The van der Waals surface area contributed by atoms with Crippen LogP contribution in [0.25, 0.3) is 0 Å². The molecule has 0 aliphatic rings. The van der Waals surface area contributed by atoms with Crippen molar-refractivity contribution in [3.8, 4) is 0 Å². The van der Waals surface area contributed by atoms with Crippen LogP contribution in [-0.4, -0.2) is 18.0 Å². The number of amides is 1. The number of halogens is 3. The van der Waals surface area contributed by atoms with Gasteiger partial charge in [-0.25, -0.2) is 0 Å². The van der Waals surface area contributed by atoms with Crippen molar-refractivity contribution in [2.45, 2.75) is 39.0 Å². The number of carbonyl (C=O) groups excluding carboxylic acids is 1. The standard InChI is InChI=1S/C13H17F3N2O/c1-8(2)17-12(19)9(3)18-11-6-4-5-10(7-11)13(14,15)16/h4-9,18H,1-3H3,(H,17,19). The van der Waals surface area contributed by atoms with Gasteiger partial charge in [0.1, 0.15) is 6.04 Å². The summed E-state index contributed by atoms with van der Waals surface area (Å²) in [5.74, 6) is -0.257. The van der Waals surface area contributed by atoms with E-state index >= 15 is 0 Å². The predicted molar refractivity (Wildman–Crippen MR) is 67.8 cm³/mol. The zero-order valence-electron chi connectivity index (χ0n) is 11.0. The molecule has 106 valence electrons. The Morgan fingerprint density at radius 2 is 1.84 bits per heavy atom. The lowest BCUT2D eigenvalue weighted by atomic mass is 10.1. The van der Waals surface area contributed by atoms with Gasteiger partial charge in [0.05, 0.1) is 5.56 Å². The van der Waals surface area contributed by atoms with Gasteiger partial charge in [0, 0.05) is 11.7 Å². The number of carbonyl (C=O) groups is 1. The number of rotatable bonds is 4. The molecule has 19 heavy (non-hydrogen) atoms. The van der Waals surface area contributed by atoms with Gasteiger partial charge in [-0.15, -0.1) is 0 Å². The van der Waals surface area contributed by atoms with Crippen LogP contribution in [0, 0.1) is 0 Å². The van der Waals surface area contributed by atoms with E-state index in [1.54, 1.807) is 6.92 Å². The van der Waals surface area contributed by atoms with Gasteiger partial charge in [0.15, 0.2) is 0 Å². The summed E-state index contributed by atoms with van der Waals surface area (Å²) in [6, 6.07) is 4.15. The van der Waals surface area contributed by atoms with Gasteiger partial charge in [-0.3, -0.25) is 4.79 Å². The Labute approximate surface area is 110 Å². The van der Waals surface area contributed by atoms with Gasteiger partial charge in [0.25, 0.3) is 0 Å². The summed E-state index contributed by atoms with van der Waals surface area (Å²) in [6.07, 6.45) is -4.39. The topological polar surface area (TPSA) is 41.1 Å². The number of hydrogen-bond acceptors (Lipinski definition) is 2. The molecule has 6 heteroatoms. The minimum absolute atomic E-state index is 0.0155. The van der Waals surface area contributed by atoms with Crippen LogP contribution in [0.5, 0.6) is 0 Å². The summed E-state index contributed by atoms with van der Waals surface area (Å²) < 4.78 is 37.6. The van der Waals surface area contributed by atoms with Gasteiger partial charge >= 0.3 is 6.18 Å². The van der Waals surface area contributed by atoms with Crippen LogP contribution < -0.4 is 10.6 Å². The molecule has 0 aliphatic heterocycles. The second kappa shape index (κ2) is 5.95. The number of anilines is 1. The summed E-state index contributed by atoms with van der Waals surface area (Å²) in [5, 5.41) is 5.43. The monoisotopic (exact) mass is 274 g/mol. The molecule has 0 spiro atoms. The van der Waals surface area contributed by atoms with Crippen molar-refractivity contribution in [3.63, 3.8) is 0 Å². The summed E-state index contributed by atoms with van der Waals surface area (Å²) in [7, 11) is 0. The summed E-state index contributed by atoms with van der Waals surface area (Å²) in [5.41, 5.74) is -0.477. The van der Waals surface area contributed by atoms with Crippen molar-refractivity contribution in [3.05, 3.63) is 29.8 Å². The highest BCUT2D eigenvalue weighted by Crippen LogP contribution is 2.30. The fraction of sp³-hybridized carbons (Fsp3) is 0.462. The molecule has 3 nitrogen and oxygen atoms in total. The van der Waals surface area contributed by atoms with E-state index in [0.717, 1.165) is 12.1 Å². The normalized spacial score (nSPS) is 13.2. The van der Waals surface area contributed by atoms with E-state index in [1.165, 1.54) is 12.1 Å². The molecule has 1 aromatic rings. The molecular formula is C13H17F3N2O. The number of alkyl halides is 3. The second-order valence-electron chi connectivity index (χ2n) is 4.61. The number of nitrogens with one attached hydrogen (secondary N) is 2. The summed E-state index contributed by atoms with van der Waals surface area (Å²) >= 11 is 0. The van der Waals surface area contributed by atoms with Crippen molar-refractivity contribution in [2.24, 2.45) is 0 Å². The number of hydrogen-bond donors (Lipinski definition) is 2. The van der Waals surface area contributed by atoms with Crippen molar-refractivity contribution < 1.29 is 18.0 Å². The third-order valence-electron chi connectivity index (χ3n) is 2.40. The molecule has 0 aromatic heterocycles. The Bertz CT molecular complexity index is 444. The molecule has 0 aliphatic carbocycles. The number of benzene rings is 1. The van der Waals surface area contributed by atoms with E-state index in [4.69, 9.17) is 0 Å². The van der Waals surface area contributed by atoms with E-state index in [2.05, 4.69) is 10.6 Å². The van der Waals surface area contributed by atoms with E-state index in [-0.39, 0.29) is 17.6 Å². The van der Waals surface area contributed by atoms with Gasteiger partial charge in [-0.05, 0) is 39.0 Å². The first kappa shape index (κ1) is 15.3. The zero-order valence-corrected chi connectivity index (χ0v) is 11.0. The maximum Gasteiger partial charge on any atom is 0.416 e. The lowest BCUT2D eigenvalue weighted by Crippen LogP contribution is -2.41. The molecular weight excluding hydrogens is 257 g/mol. The van der Waals surface area contributed by atoms with Crippen LogP contribution in [-0.2, 0) is 11.0 Å². The van der Waals surface area contributed by atoms with Gasteiger partial charge in [-0.2, -0.15) is 13.2 Å². The minimum atomic E-state index is -4.39. The molecule has 1 atom stereocenters. The molecule has 1 rings (SSSR count). The van der Waals surface area contributed by atoms with E-state index in [0.29, 0.717) is 0 Å². The lowest BCUT2D eigenvalue weighted by molar-refractivity contribution is -0.137. The average Bonchev–Trinajstić information content (AvgIpc) is 2.27. The van der Waals surface area contributed by atoms with Crippen molar-refractivity contribution in [1.29, 1.82) is 0 Å². The van der Waals surface area contributed by atoms with Crippen molar-refractivity contribution >= 4 is 11.6 Å². The van der Waals surface area contributed by atoms with E-state index in [9.17, 15) is 18.0 Å². The third-order valence-corrected chi connectivity index (χ3v) is 2.40. The minimum Gasteiger partial charge on any atom is -0.374 e. The summed E-state index contributed by atoms with van der Waals surface area (Å²) in [4.78, 5) is 11.6. The smallest absolute Gasteiger partial charge is 0.374 e. The first-order chi connectivity index (χ1) is 8.70. The molecule has 0 fully saturated rings. The fourth-order valence-electron chi connectivity index (χ4n) is 1.51. The second-order valence-corrected chi connectivity index (χ2v) is 4.61. The lowest BCUT2D eigenvalue weighted by Gasteiger charge is -2.17. The zero-order chi connectivity index (χ0) is 14.6. The molecule has 0 saturated carbocycles. The Hall–Kier alpha value is -1.72. The Morgan fingerprint density at radius 3 is 2.37 bits per heavy atom. The van der Waals surface area contributed by atoms with Crippen LogP contribution in [0.3, 0.4) is 0 Å². The molecule has 0 bridgehead atoms. The SMILES string of the molecule is CC(C)NC(=O)C(C)Nc1cccc(C(F)(F)F)c1. The predicted octanol–water partition coefficient (Wildman–Crippen LogP) is 3.03. The highest BCUT2D eigenvalue weighted by molar-refractivity contribution is 5.84. The molecule has 2 N–H and O–H groups in total. The highest BCUT2D eigenvalue weighted by Gasteiger charge is 2.30. The Kier molecular flexibility index (Phi) is 4.80. The first-order valence-corrected chi connectivity index (χ1v) is 5.94. The summed E-state index contributed by atoms with van der Waals surface area (Å²) in [6.45, 7) is 5.22. The first-order valence-electron chi connectivity index (χ1n) is 5.94. The average molecular weight is 274 g/mol. The van der Waals surface area contributed by atoms with Gasteiger partial charge in [0.2, 0.25) is 5.91 Å². The quantitative estimate of drug-likeness (QED) is 0.886. The maximum absolute atomic E-state index is 12.5. The van der Waals surface area contributed by atoms with Crippen LogP contribution >= 0.6 is 0 Å². The van der Waals surface area contributed by atoms with Gasteiger partial charge in [-0.1, -0.05) is 6.07 Å². The molecule has 0 heterocycles. The third kappa shape index (κ3) is 4.81.